The topological polar surface area (TPSA) is 35.5 Å². The van der Waals surface area contributed by atoms with Crippen LogP contribution in [0.4, 0.5) is 17.1 Å². The maximum Gasteiger partial charge on any atom is 0.144 e. The van der Waals surface area contributed by atoms with Crippen molar-refractivity contribution in [1.29, 1.82) is 0 Å². The molecule has 3 aromatic rings. The number of nitrogens with zero attached hydrogens (tertiary/aromatic N) is 1. The Labute approximate surface area is 187 Å². The van der Waals surface area contributed by atoms with E-state index >= 15 is 0 Å². The van der Waals surface area contributed by atoms with Crippen LogP contribution in [-0.4, -0.2) is 12.2 Å². The van der Waals surface area contributed by atoms with Crippen molar-refractivity contribution in [3.8, 4) is 5.75 Å². The van der Waals surface area contributed by atoms with Gasteiger partial charge in [-0.1, -0.05) is 39.0 Å². The average molecular weight is 417 g/mol. The Bertz CT molecular complexity index is 1000. The molecule has 164 valence electrons. The van der Waals surface area contributed by atoms with E-state index in [0.717, 1.165) is 22.6 Å². The highest BCUT2D eigenvalue weighted by molar-refractivity contribution is 5.82. The van der Waals surface area contributed by atoms with Gasteiger partial charge in [0.2, 0.25) is 0 Å². The van der Waals surface area contributed by atoms with E-state index in [1.54, 1.807) is 0 Å². The van der Waals surface area contributed by atoms with Gasteiger partial charge in [-0.3, -0.25) is 0 Å². The van der Waals surface area contributed by atoms with E-state index in [4.69, 9.17) is 0 Å². The predicted octanol–water partition coefficient (Wildman–Crippen LogP) is 7.11. The van der Waals surface area contributed by atoms with Crippen LogP contribution in [0.3, 0.4) is 0 Å². The highest BCUT2D eigenvalue weighted by Gasteiger charge is 2.24. The van der Waals surface area contributed by atoms with E-state index in [2.05, 4.69) is 107 Å². The molecule has 0 unspecified atom stereocenters. The number of phenols is 1. The number of nitrogens with one attached hydrogen (secondary N) is 1. The fraction of sp³-hybridized carbons (Fsp3) is 0.357. The molecule has 0 aliphatic carbocycles. The molecule has 0 aliphatic heterocycles. The summed E-state index contributed by atoms with van der Waals surface area (Å²) in [7, 11) is 1.91. The van der Waals surface area contributed by atoms with Gasteiger partial charge >= 0.3 is 0 Å². The van der Waals surface area contributed by atoms with Crippen molar-refractivity contribution in [2.45, 2.75) is 60.4 Å². The molecule has 0 radical (unpaired) electrons. The van der Waals surface area contributed by atoms with E-state index < -0.39 is 0 Å². The van der Waals surface area contributed by atoms with E-state index in [1.807, 2.05) is 7.05 Å². The SMILES string of the molecule is CNCc1cc(C(C)(C)C)cc(N(c2cc(C)cc(C)c2)c2cc(C)cc(C)c2)c1O. The molecule has 0 aliphatic rings. The van der Waals surface area contributed by atoms with Crippen LogP contribution in [0.1, 0.15) is 54.2 Å². The largest absolute Gasteiger partial charge is 0.505 e. The summed E-state index contributed by atoms with van der Waals surface area (Å²) in [6.07, 6.45) is 0. The summed E-state index contributed by atoms with van der Waals surface area (Å²) < 4.78 is 0. The monoisotopic (exact) mass is 416 g/mol. The van der Waals surface area contributed by atoms with Gasteiger partial charge in [0.15, 0.2) is 0 Å². The maximum absolute atomic E-state index is 11.4. The summed E-state index contributed by atoms with van der Waals surface area (Å²) in [5.41, 5.74) is 9.79. The lowest BCUT2D eigenvalue weighted by atomic mass is 9.85. The van der Waals surface area contributed by atoms with Crippen molar-refractivity contribution in [1.82, 2.24) is 5.32 Å². The van der Waals surface area contributed by atoms with Crippen LogP contribution in [0.15, 0.2) is 48.5 Å². The number of aryl methyl sites for hydroxylation is 4. The lowest BCUT2D eigenvalue weighted by Crippen LogP contribution is -2.17. The average Bonchev–Trinajstić information content (AvgIpc) is 2.62. The van der Waals surface area contributed by atoms with Crippen molar-refractivity contribution in [2.24, 2.45) is 0 Å². The van der Waals surface area contributed by atoms with E-state index in [9.17, 15) is 5.11 Å². The third kappa shape index (κ3) is 5.11. The van der Waals surface area contributed by atoms with Gasteiger partial charge in [0.05, 0.1) is 5.69 Å². The van der Waals surface area contributed by atoms with Crippen LogP contribution in [0.25, 0.3) is 0 Å². The van der Waals surface area contributed by atoms with Gasteiger partial charge in [-0.05, 0) is 98.3 Å². The predicted molar refractivity (Wildman–Crippen MR) is 133 cm³/mol. The highest BCUT2D eigenvalue weighted by atomic mass is 16.3. The fourth-order valence-corrected chi connectivity index (χ4v) is 4.19. The summed E-state index contributed by atoms with van der Waals surface area (Å²) >= 11 is 0. The number of rotatable bonds is 5. The minimum Gasteiger partial charge on any atom is -0.505 e. The van der Waals surface area contributed by atoms with Crippen molar-refractivity contribution >= 4 is 17.1 Å². The van der Waals surface area contributed by atoms with Crippen LogP contribution in [0.5, 0.6) is 5.75 Å². The number of anilines is 3. The van der Waals surface area contributed by atoms with Gasteiger partial charge < -0.3 is 15.3 Å². The molecular weight excluding hydrogens is 380 g/mol. The van der Waals surface area contributed by atoms with Gasteiger partial charge in [0.25, 0.3) is 0 Å². The van der Waals surface area contributed by atoms with Gasteiger partial charge in [-0.25, -0.2) is 0 Å². The first-order valence-corrected chi connectivity index (χ1v) is 11.0. The smallest absolute Gasteiger partial charge is 0.144 e. The van der Waals surface area contributed by atoms with Crippen LogP contribution in [0.2, 0.25) is 0 Å². The Kier molecular flexibility index (Phi) is 6.47. The second-order valence-electron chi connectivity index (χ2n) is 9.81. The normalized spacial score (nSPS) is 11.6. The Morgan fingerprint density at radius 1 is 0.742 bits per heavy atom. The standard InChI is InChI=1S/C28H36N2O/c1-18-9-19(2)12-24(11-18)30(25-13-20(3)10-21(4)14-25)26-16-23(28(5,6)7)15-22(17-29-8)27(26)31/h9-16,29,31H,17H2,1-8H3. The third-order valence-electron chi connectivity index (χ3n) is 5.57. The Morgan fingerprint density at radius 3 is 1.58 bits per heavy atom. The van der Waals surface area contributed by atoms with E-state index in [-0.39, 0.29) is 5.41 Å². The first kappa shape index (κ1) is 22.9. The van der Waals surface area contributed by atoms with Gasteiger partial charge in [-0.15, -0.1) is 0 Å². The molecule has 31 heavy (non-hydrogen) atoms. The molecule has 0 saturated heterocycles. The molecule has 0 bridgehead atoms. The lowest BCUT2D eigenvalue weighted by molar-refractivity contribution is 0.466. The summed E-state index contributed by atoms with van der Waals surface area (Å²) in [5.74, 6) is 0.320. The minimum absolute atomic E-state index is 0.0400. The molecule has 0 saturated carbocycles. The van der Waals surface area contributed by atoms with Crippen LogP contribution in [0, 0.1) is 27.7 Å². The zero-order valence-electron chi connectivity index (χ0n) is 20.2. The van der Waals surface area contributed by atoms with E-state index in [1.165, 1.54) is 27.8 Å². The molecule has 0 heterocycles. The minimum atomic E-state index is -0.0400. The number of hydrogen-bond acceptors (Lipinski definition) is 3. The summed E-state index contributed by atoms with van der Waals surface area (Å²) in [6, 6.07) is 17.4. The molecule has 3 aromatic carbocycles. The maximum atomic E-state index is 11.4. The number of benzene rings is 3. The number of phenolic OH excluding ortho intramolecular Hbond substituents is 1. The van der Waals surface area contributed by atoms with Crippen molar-refractivity contribution < 1.29 is 5.11 Å². The first-order valence-electron chi connectivity index (χ1n) is 11.0. The molecule has 3 heteroatoms. The summed E-state index contributed by atoms with van der Waals surface area (Å²) in [6.45, 7) is 15.7. The molecule has 0 fully saturated rings. The molecular formula is C28H36N2O. The molecule has 3 nitrogen and oxygen atoms in total. The summed E-state index contributed by atoms with van der Waals surface area (Å²) in [4.78, 5) is 2.20. The van der Waals surface area contributed by atoms with Gasteiger partial charge in [0, 0.05) is 23.5 Å². The zero-order chi connectivity index (χ0) is 22.9. The number of aromatic hydroxyl groups is 1. The van der Waals surface area contributed by atoms with Crippen molar-refractivity contribution in [2.75, 3.05) is 11.9 Å². The summed E-state index contributed by atoms with van der Waals surface area (Å²) in [5, 5.41) is 14.6. The third-order valence-corrected chi connectivity index (χ3v) is 5.57. The Balaban J connectivity index is 2.37. The molecule has 0 aromatic heterocycles. The molecule has 0 atom stereocenters. The lowest BCUT2D eigenvalue weighted by Gasteiger charge is -2.30. The molecule has 0 amide bonds. The van der Waals surface area contributed by atoms with Crippen molar-refractivity contribution in [3.63, 3.8) is 0 Å². The Hall–Kier alpha value is -2.78. The second kappa shape index (κ2) is 8.76. The second-order valence-corrected chi connectivity index (χ2v) is 9.81. The zero-order valence-corrected chi connectivity index (χ0v) is 20.2. The first-order chi connectivity index (χ1) is 14.5. The highest BCUT2D eigenvalue weighted by Crippen LogP contribution is 2.44. The van der Waals surface area contributed by atoms with E-state index in [0.29, 0.717) is 12.3 Å². The van der Waals surface area contributed by atoms with Crippen LogP contribution < -0.4 is 10.2 Å². The molecule has 2 N–H and O–H groups in total. The molecule has 0 spiro atoms. The number of hydrogen-bond donors (Lipinski definition) is 2. The van der Waals surface area contributed by atoms with Gasteiger partial charge in [-0.2, -0.15) is 0 Å². The fourth-order valence-electron chi connectivity index (χ4n) is 4.19. The van der Waals surface area contributed by atoms with Crippen LogP contribution >= 0.6 is 0 Å². The van der Waals surface area contributed by atoms with Crippen LogP contribution in [-0.2, 0) is 12.0 Å². The van der Waals surface area contributed by atoms with Gasteiger partial charge in [0.1, 0.15) is 5.75 Å². The van der Waals surface area contributed by atoms with Crippen molar-refractivity contribution in [3.05, 3.63) is 81.9 Å². The quantitative estimate of drug-likeness (QED) is 0.465. The Morgan fingerprint density at radius 2 is 1.19 bits per heavy atom. The molecule has 3 rings (SSSR count).